The van der Waals surface area contributed by atoms with Gasteiger partial charge in [0.25, 0.3) is 0 Å². The molecule has 0 unspecified atom stereocenters. The molecule has 2 aliphatic heterocycles. The van der Waals surface area contributed by atoms with Crippen LogP contribution < -0.4 is 25.0 Å². The minimum atomic E-state index is -0.737. The average Bonchev–Trinajstić information content (AvgIpc) is 3.24. The predicted molar refractivity (Wildman–Crippen MR) is 133 cm³/mol. The molecule has 34 heavy (non-hydrogen) atoms. The number of hydrogen-bond acceptors (Lipinski definition) is 6. The van der Waals surface area contributed by atoms with Crippen LogP contribution in [0.15, 0.2) is 36.4 Å². The molecule has 2 aromatic rings. The van der Waals surface area contributed by atoms with Gasteiger partial charge in [0, 0.05) is 31.9 Å². The van der Waals surface area contributed by atoms with Crippen LogP contribution in [0.25, 0.3) is 0 Å². The van der Waals surface area contributed by atoms with E-state index < -0.39 is 11.8 Å². The topological polar surface area (TPSA) is 83.1 Å². The maximum absolute atomic E-state index is 12.7. The van der Waals surface area contributed by atoms with Gasteiger partial charge in [0.2, 0.25) is 0 Å². The van der Waals surface area contributed by atoms with Crippen LogP contribution in [0.1, 0.15) is 36.4 Å². The number of rotatable bonds is 7. The summed E-state index contributed by atoms with van der Waals surface area (Å²) in [5, 5.41) is 5.51. The van der Waals surface area contributed by atoms with Crippen LogP contribution in [0.2, 0.25) is 0 Å². The molecule has 182 valence electrons. The lowest BCUT2D eigenvalue weighted by Gasteiger charge is -2.35. The van der Waals surface area contributed by atoms with E-state index in [0.717, 1.165) is 38.9 Å². The number of likely N-dealkylation sites (tertiary alicyclic amines) is 1. The SMILES string of the molecule is COc1ccc(OC)c(NC(=O)C(=O)NC[C@@H](c2ccc3c(c2)CCN3C)N2CCCCC2)c1. The zero-order valence-corrected chi connectivity index (χ0v) is 20.2. The summed E-state index contributed by atoms with van der Waals surface area (Å²) in [6, 6.07) is 11.7. The van der Waals surface area contributed by atoms with E-state index in [1.807, 2.05) is 0 Å². The summed E-state index contributed by atoms with van der Waals surface area (Å²) in [6.07, 6.45) is 4.56. The number of amides is 2. The first-order valence-electron chi connectivity index (χ1n) is 11.9. The zero-order chi connectivity index (χ0) is 24.1. The number of likely N-dealkylation sites (N-methyl/N-ethyl adjacent to an activating group) is 1. The highest BCUT2D eigenvalue weighted by Crippen LogP contribution is 2.32. The summed E-state index contributed by atoms with van der Waals surface area (Å²) in [5.41, 5.74) is 4.19. The molecule has 8 nitrogen and oxygen atoms in total. The summed E-state index contributed by atoms with van der Waals surface area (Å²) in [6.45, 7) is 3.38. The minimum Gasteiger partial charge on any atom is -0.497 e. The molecule has 1 atom stereocenters. The van der Waals surface area contributed by atoms with E-state index >= 15 is 0 Å². The summed E-state index contributed by atoms with van der Waals surface area (Å²) in [4.78, 5) is 30.1. The first-order valence-corrected chi connectivity index (χ1v) is 11.9. The van der Waals surface area contributed by atoms with Gasteiger partial charge in [0.1, 0.15) is 11.5 Å². The fourth-order valence-electron chi connectivity index (χ4n) is 4.84. The zero-order valence-electron chi connectivity index (χ0n) is 20.2. The number of nitrogens with one attached hydrogen (secondary N) is 2. The van der Waals surface area contributed by atoms with Gasteiger partial charge in [0.05, 0.1) is 25.9 Å². The van der Waals surface area contributed by atoms with E-state index in [1.54, 1.807) is 18.2 Å². The lowest BCUT2D eigenvalue weighted by atomic mass is 9.98. The average molecular weight is 467 g/mol. The Morgan fingerprint density at radius 2 is 1.76 bits per heavy atom. The quantitative estimate of drug-likeness (QED) is 0.611. The van der Waals surface area contributed by atoms with Crippen LogP contribution in [-0.2, 0) is 16.0 Å². The van der Waals surface area contributed by atoms with E-state index in [0.29, 0.717) is 23.7 Å². The Hall–Kier alpha value is -3.26. The van der Waals surface area contributed by atoms with Gasteiger partial charge in [-0.25, -0.2) is 0 Å². The lowest BCUT2D eigenvalue weighted by molar-refractivity contribution is -0.136. The molecule has 4 rings (SSSR count). The van der Waals surface area contributed by atoms with Gasteiger partial charge in [-0.2, -0.15) is 0 Å². The maximum Gasteiger partial charge on any atom is 0.313 e. The standard InChI is InChI=1S/C26H34N4O4/c1-29-14-11-19-15-18(7-9-22(19)29)23(30-12-5-4-6-13-30)17-27-25(31)26(32)28-21-16-20(33-2)8-10-24(21)34-3/h7-10,15-16,23H,4-6,11-14,17H2,1-3H3,(H,27,31)(H,28,32)/t23-/m0/s1. The van der Waals surface area contributed by atoms with Crippen LogP contribution in [0.3, 0.4) is 0 Å². The minimum absolute atomic E-state index is 0.0274. The molecule has 0 aromatic heterocycles. The first-order chi connectivity index (χ1) is 16.5. The predicted octanol–water partition coefficient (Wildman–Crippen LogP) is 2.98. The van der Waals surface area contributed by atoms with Crippen molar-refractivity contribution in [3.8, 4) is 11.5 Å². The molecule has 0 saturated carbocycles. The lowest BCUT2D eigenvalue weighted by Crippen LogP contribution is -2.43. The van der Waals surface area contributed by atoms with Crippen LogP contribution in [0, 0.1) is 0 Å². The van der Waals surface area contributed by atoms with Crippen LogP contribution in [0.4, 0.5) is 11.4 Å². The van der Waals surface area contributed by atoms with E-state index in [4.69, 9.17) is 9.47 Å². The number of fused-ring (bicyclic) bond motifs is 1. The molecule has 0 bridgehead atoms. The fourth-order valence-corrected chi connectivity index (χ4v) is 4.84. The van der Waals surface area contributed by atoms with Crippen molar-refractivity contribution < 1.29 is 19.1 Å². The van der Waals surface area contributed by atoms with Crippen molar-refractivity contribution in [3.05, 3.63) is 47.5 Å². The van der Waals surface area contributed by atoms with Gasteiger partial charge < -0.3 is 25.0 Å². The van der Waals surface area contributed by atoms with Gasteiger partial charge in [-0.15, -0.1) is 0 Å². The Kier molecular flexibility index (Phi) is 7.57. The Balaban J connectivity index is 1.46. The van der Waals surface area contributed by atoms with Gasteiger partial charge >= 0.3 is 11.8 Å². The molecular weight excluding hydrogens is 432 g/mol. The van der Waals surface area contributed by atoms with Crippen molar-refractivity contribution in [1.82, 2.24) is 10.2 Å². The summed E-state index contributed by atoms with van der Waals surface area (Å²) < 4.78 is 10.5. The second kappa shape index (κ2) is 10.8. The fraction of sp³-hybridized carbons (Fsp3) is 0.462. The number of anilines is 2. The van der Waals surface area contributed by atoms with Gasteiger partial charge in [-0.05, 0) is 61.7 Å². The molecule has 2 amide bonds. The number of carbonyl (C=O) groups excluding carboxylic acids is 2. The van der Waals surface area contributed by atoms with Crippen molar-refractivity contribution in [2.45, 2.75) is 31.7 Å². The second-order valence-electron chi connectivity index (χ2n) is 8.90. The van der Waals surface area contributed by atoms with Crippen molar-refractivity contribution in [1.29, 1.82) is 0 Å². The van der Waals surface area contributed by atoms with Gasteiger partial charge in [0.15, 0.2) is 0 Å². The summed E-state index contributed by atoms with van der Waals surface area (Å²) in [5.74, 6) is -0.396. The van der Waals surface area contributed by atoms with E-state index in [-0.39, 0.29) is 6.04 Å². The van der Waals surface area contributed by atoms with Gasteiger partial charge in [-0.3, -0.25) is 14.5 Å². The Morgan fingerprint density at radius 1 is 0.971 bits per heavy atom. The largest absolute Gasteiger partial charge is 0.497 e. The summed E-state index contributed by atoms with van der Waals surface area (Å²) >= 11 is 0. The van der Waals surface area contributed by atoms with E-state index in [2.05, 4.69) is 45.7 Å². The van der Waals surface area contributed by atoms with Crippen LogP contribution >= 0.6 is 0 Å². The van der Waals surface area contributed by atoms with Crippen molar-refractivity contribution >= 4 is 23.2 Å². The third kappa shape index (κ3) is 5.28. The number of hydrogen-bond donors (Lipinski definition) is 2. The van der Waals surface area contributed by atoms with E-state index in [9.17, 15) is 9.59 Å². The molecule has 2 N–H and O–H groups in total. The Labute approximate surface area is 201 Å². The molecular formula is C26H34N4O4. The third-order valence-electron chi connectivity index (χ3n) is 6.76. The monoisotopic (exact) mass is 466 g/mol. The van der Waals surface area contributed by atoms with Crippen LogP contribution in [-0.4, -0.2) is 64.2 Å². The molecule has 2 aliphatic rings. The molecule has 0 aliphatic carbocycles. The summed E-state index contributed by atoms with van der Waals surface area (Å²) in [7, 11) is 5.16. The highest BCUT2D eigenvalue weighted by atomic mass is 16.5. The van der Waals surface area contributed by atoms with Crippen molar-refractivity contribution in [2.24, 2.45) is 0 Å². The normalized spacial score (nSPS) is 16.5. The molecule has 8 heteroatoms. The highest BCUT2D eigenvalue weighted by molar-refractivity contribution is 6.39. The molecule has 0 radical (unpaired) electrons. The van der Waals surface area contributed by atoms with Crippen LogP contribution in [0.5, 0.6) is 11.5 Å². The van der Waals surface area contributed by atoms with E-state index in [1.165, 1.54) is 37.5 Å². The highest BCUT2D eigenvalue weighted by Gasteiger charge is 2.26. The number of benzene rings is 2. The number of nitrogens with zero attached hydrogens (tertiary/aromatic N) is 2. The second-order valence-corrected chi connectivity index (χ2v) is 8.90. The molecule has 0 spiro atoms. The van der Waals surface area contributed by atoms with Gasteiger partial charge in [-0.1, -0.05) is 18.6 Å². The number of piperidine rings is 1. The first kappa shape index (κ1) is 23.9. The molecule has 1 saturated heterocycles. The van der Waals surface area contributed by atoms with Crippen molar-refractivity contribution in [3.63, 3.8) is 0 Å². The maximum atomic E-state index is 12.7. The third-order valence-corrected chi connectivity index (χ3v) is 6.76. The smallest absolute Gasteiger partial charge is 0.313 e. The Bertz CT molecular complexity index is 1040. The van der Waals surface area contributed by atoms with Crippen molar-refractivity contribution in [2.75, 3.05) is 57.7 Å². The number of ether oxygens (including phenoxy) is 2. The molecule has 2 heterocycles. The number of carbonyl (C=O) groups is 2. The Morgan fingerprint density at radius 3 is 2.50 bits per heavy atom. The number of methoxy groups -OCH3 is 2. The molecule has 1 fully saturated rings. The molecule has 2 aromatic carbocycles.